The first kappa shape index (κ1) is 20.6. The van der Waals surface area contributed by atoms with Gasteiger partial charge in [-0.15, -0.1) is 0 Å². The van der Waals surface area contributed by atoms with Crippen LogP contribution < -0.4 is 0 Å². The lowest BCUT2D eigenvalue weighted by Gasteiger charge is -2.34. The van der Waals surface area contributed by atoms with Crippen LogP contribution in [0.2, 0.25) is 0 Å². The average Bonchev–Trinajstić information content (AvgIpc) is 3.44. The normalized spacial score (nSPS) is 19.8. The second-order valence-corrected chi connectivity index (χ2v) is 7.59. The molecule has 0 radical (unpaired) electrons. The van der Waals surface area contributed by atoms with Crippen LogP contribution in [0.4, 0.5) is 0 Å². The van der Waals surface area contributed by atoms with Crippen molar-refractivity contribution in [3.8, 4) is 5.69 Å². The van der Waals surface area contributed by atoms with Crippen molar-refractivity contribution < 1.29 is 23.8 Å². The van der Waals surface area contributed by atoms with E-state index in [1.54, 1.807) is 23.7 Å². The highest BCUT2D eigenvalue weighted by molar-refractivity contribution is 5.94. The standard InChI is InChI=1S/C22H27N3O5/c1-3-28-21(27)19-13-23-25(15(19)2)18-8-6-16(7-9-18)20(26)24-10-4-5-17(14-24)22-29-11-12-30-22/h6-9,13,17,22H,3-5,10-12,14H2,1-2H3. The molecule has 1 aromatic carbocycles. The van der Waals surface area contributed by atoms with E-state index < -0.39 is 0 Å². The summed E-state index contributed by atoms with van der Waals surface area (Å²) < 4.78 is 18.0. The number of hydrogen-bond acceptors (Lipinski definition) is 6. The molecule has 0 saturated carbocycles. The van der Waals surface area contributed by atoms with Crippen molar-refractivity contribution in [3.63, 3.8) is 0 Å². The summed E-state index contributed by atoms with van der Waals surface area (Å²) in [7, 11) is 0. The molecule has 2 aliphatic heterocycles. The summed E-state index contributed by atoms with van der Waals surface area (Å²) in [4.78, 5) is 26.9. The molecular weight excluding hydrogens is 386 g/mol. The highest BCUT2D eigenvalue weighted by Crippen LogP contribution is 2.26. The van der Waals surface area contributed by atoms with E-state index in [2.05, 4.69) is 5.10 Å². The minimum absolute atomic E-state index is 0.00801. The fourth-order valence-electron chi connectivity index (χ4n) is 4.07. The minimum Gasteiger partial charge on any atom is -0.462 e. The van der Waals surface area contributed by atoms with Gasteiger partial charge in [-0.1, -0.05) is 0 Å². The number of hydrogen-bond donors (Lipinski definition) is 0. The first-order chi connectivity index (χ1) is 14.6. The van der Waals surface area contributed by atoms with Crippen LogP contribution in [0.3, 0.4) is 0 Å². The van der Waals surface area contributed by atoms with Gasteiger partial charge in [-0.2, -0.15) is 5.10 Å². The molecule has 1 unspecified atom stereocenters. The van der Waals surface area contributed by atoms with Crippen molar-refractivity contribution in [1.82, 2.24) is 14.7 Å². The van der Waals surface area contributed by atoms with E-state index in [-0.39, 0.29) is 24.1 Å². The van der Waals surface area contributed by atoms with E-state index in [9.17, 15) is 9.59 Å². The smallest absolute Gasteiger partial charge is 0.341 e. The van der Waals surface area contributed by atoms with Gasteiger partial charge < -0.3 is 19.1 Å². The second kappa shape index (κ2) is 8.97. The van der Waals surface area contributed by atoms with Gasteiger partial charge in [0.15, 0.2) is 6.29 Å². The Balaban J connectivity index is 1.46. The third kappa shape index (κ3) is 4.11. The fourth-order valence-corrected chi connectivity index (χ4v) is 4.07. The van der Waals surface area contributed by atoms with E-state index in [0.29, 0.717) is 43.2 Å². The van der Waals surface area contributed by atoms with Crippen LogP contribution in [0, 0.1) is 12.8 Å². The van der Waals surface area contributed by atoms with Gasteiger partial charge in [-0.3, -0.25) is 4.79 Å². The van der Waals surface area contributed by atoms with Crippen molar-refractivity contribution in [2.45, 2.75) is 33.0 Å². The number of nitrogens with zero attached hydrogens (tertiary/aromatic N) is 3. The molecule has 0 bridgehead atoms. The first-order valence-corrected chi connectivity index (χ1v) is 10.4. The molecule has 2 aromatic rings. The van der Waals surface area contributed by atoms with Crippen molar-refractivity contribution in [3.05, 3.63) is 47.3 Å². The Bertz CT molecular complexity index is 902. The number of ether oxygens (including phenoxy) is 3. The van der Waals surface area contributed by atoms with Gasteiger partial charge in [-0.25, -0.2) is 9.48 Å². The summed E-state index contributed by atoms with van der Waals surface area (Å²) in [6.07, 6.45) is 3.27. The van der Waals surface area contributed by atoms with Gasteiger partial charge in [0.05, 0.1) is 37.4 Å². The van der Waals surface area contributed by atoms with Crippen LogP contribution in [-0.4, -0.2) is 65.8 Å². The summed E-state index contributed by atoms with van der Waals surface area (Å²) in [5.74, 6) is -0.158. The number of aromatic nitrogens is 2. The van der Waals surface area contributed by atoms with Gasteiger partial charge in [-0.05, 0) is 51.0 Å². The lowest BCUT2D eigenvalue weighted by atomic mass is 9.96. The average molecular weight is 413 g/mol. The van der Waals surface area contributed by atoms with Crippen LogP contribution in [-0.2, 0) is 14.2 Å². The maximum atomic E-state index is 13.0. The molecule has 4 rings (SSSR count). The highest BCUT2D eigenvalue weighted by Gasteiger charge is 2.33. The molecule has 0 N–H and O–H groups in total. The van der Waals surface area contributed by atoms with Gasteiger partial charge in [0.2, 0.25) is 0 Å². The molecule has 8 nitrogen and oxygen atoms in total. The summed E-state index contributed by atoms with van der Waals surface area (Å²) in [5.41, 5.74) is 2.54. The van der Waals surface area contributed by atoms with Gasteiger partial charge in [0.25, 0.3) is 5.91 Å². The fraction of sp³-hybridized carbons (Fsp3) is 0.500. The van der Waals surface area contributed by atoms with E-state index in [1.807, 2.05) is 24.0 Å². The predicted octanol–water partition coefficient (Wildman–Crippen LogP) is 2.58. The Morgan fingerprint density at radius 1 is 1.20 bits per heavy atom. The molecule has 30 heavy (non-hydrogen) atoms. The zero-order chi connectivity index (χ0) is 21.1. The molecular formula is C22H27N3O5. The van der Waals surface area contributed by atoms with Crippen LogP contribution in [0.5, 0.6) is 0 Å². The Labute approximate surface area is 175 Å². The quantitative estimate of drug-likeness (QED) is 0.701. The summed E-state index contributed by atoms with van der Waals surface area (Å²) in [6, 6.07) is 7.28. The molecule has 0 aliphatic carbocycles. The zero-order valence-electron chi connectivity index (χ0n) is 17.4. The molecule has 160 valence electrons. The third-order valence-corrected chi connectivity index (χ3v) is 5.64. The number of amides is 1. The van der Waals surface area contributed by atoms with E-state index in [1.165, 1.54) is 6.20 Å². The maximum absolute atomic E-state index is 13.0. The van der Waals surface area contributed by atoms with E-state index in [4.69, 9.17) is 14.2 Å². The number of rotatable bonds is 5. The molecule has 3 heterocycles. The van der Waals surface area contributed by atoms with Crippen molar-refractivity contribution >= 4 is 11.9 Å². The third-order valence-electron chi connectivity index (χ3n) is 5.64. The molecule has 2 aliphatic rings. The van der Waals surface area contributed by atoms with Crippen molar-refractivity contribution in [2.24, 2.45) is 5.92 Å². The topological polar surface area (TPSA) is 82.9 Å². The lowest BCUT2D eigenvalue weighted by Crippen LogP contribution is -2.43. The van der Waals surface area contributed by atoms with Gasteiger partial charge >= 0.3 is 5.97 Å². The molecule has 2 fully saturated rings. The Kier molecular flexibility index (Phi) is 6.15. The monoisotopic (exact) mass is 413 g/mol. The molecule has 8 heteroatoms. The number of benzene rings is 1. The number of piperidine rings is 1. The molecule has 0 spiro atoms. The zero-order valence-corrected chi connectivity index (χ0v) is 17.4. The highest BCUT2D eigenvalue weighted by atomic mass is 16.7. The first-order valence-electron chi connectivity index (χ1n) is 10.4. The Hall–Kier alpha value is -2.71. The summed E-state index contributed by atoms with van der Waals surface area (Å²) in [6.45, 7) is 6.54. The molecule has 1 amide bonds. The summed E-state index contributed by atoms with van der Waals surface area (Å²) >= 11 is 0. The second-order valence-electron chi connectivity index (χ2n) is 7.59. The van der Waals surface area contributed by atoms with Crippen LogP contribution in [0.15, 0.2) is 30.5 Å². The number of carbonyl (C=O) groups is 2. The van der Waals surface area contributed by atoms with Gasteiger partial charge in [0, 0.05) is 24.6 Å². The maximum Gasteiger partial charge on any atom is 0.341 e. The molecule has 2 saturated heterocycles. The van der Waals surface area contributed by atoms with Crippen molar-refractivity contribution in [2.75, 3.05) is 32.9 Å². The van der Waals surface area contributed by atoms with Crippen LogP contribution in [0.1, 0.15) is 46.2 Å². The molecule has 1 atom stereocenters. The predicted molar refractivity (Wildman–Crippen MR) is 109 cm³/mol. The number of carbonyl (C=O) groups excluding carboxylic acids is 2. The Morgan fingerprint density at radius 2 is 1.93 bits per heavy atom. The summed E-state index contributed by atoms with van der Waals surface area (Å²) in [5, 5.41) is 4.30. The minimum atomic E-state index is -0.386. The lowest BCUT2D eigenvalue weighted by molar-refractivity contribution is -0.0969. The van der Waals surface area contributed by atoms with Crippen LogP contribution in [0.25, 0.3) is 5.69 Å². The van der Waals surface area contributed by atoms with Gasteiger partial charge in [0.1, 0.15) is 5.56 Å². The number of esters is 1. The number of likely N-dealkylation sites (tertiary alicyclic amines) is 1. The van der Waals surface area contributed by atoms with E-state index in [0.717, 1.165) is 25.1 Å². The Morgan fingerprint density at radius 3 is 2.63 bits per heavy atom. The molecule has 1 aromatic heterocycles. The van der Waals surface area contributed by atoms with Crippen LogP contribution >= 0.6 is 0 Å². The van der Waals surface area contributed by atoms with Crippen molar-refractivity contribution in [1.29, 1.82) is 0 Å². The van der Waals surface area contributed by atoms with E-state index >= 15 is 0 Å². The SMILES string of the molecule is CCOC(=O)c1cnn(-c2ccc(C(=O)N3CCCC(C4OCCO4)C3)cc2)c1C. The largest absolute Gasteiger partial charge is 0.462 e.